The van der Waals surface area contributed by atoms with E-state index in [0.29, 0.717) is 12.8 Å². The number of carbonyl (C=O) groups is 2. The van der Waals surface area contributed by atoms with Crippen LogP contribution in [-0.2, 0) is 9.59 Å². The first kappa shape index (κ1) is 13.8. The Hall–Kier alpha value is -1.27. The fourth-order valence-electron chi connectivity index (χ4n) is 1.99. The molecule has 1 aliphatic rings. The van der Waals surface area contributed by atoms with Crippen molar-refractivity contribution in [1.82, 2.24) is 4.90 Å². The number of carbonyl (C=O) groups excluding carboxylic acids is 1. The fraction of sp³-hybridized carbons (Fsp3) is 0.800. The van der Waals surface area contributed by atoms with E-state index in [0.717, 1.165) is 4.90 Å². The van der Waals surface area contributed by atoms with E-state index in [-0.39, 0.29) is 25.4 Å². The zero-order chi connectivity index (χ0) is 13.1. The molecule has 1 aliphatic heterocycles. The number of hydrogen-bond acceptors (Lipinski definition) is 2. The molecule has 1 atom stereocenters. The molecule has 0 aromatic rings. The van der Waals surface area contributed by atoms with E-state index in [1.54, 1.807) is 0 Å². The van der Waals surface area contributed by atoms with Gasteiger partial charge in [0.2, 0.25) is 5.91 Å². The van der Waals surface area contributed by atoms with Crippen molar-refractivity contribution in [2.45, 2.75) is 31.9 Å². The van der Waals surface area contributed by atoms with Gasteiger partial charge in [-0.2, -0.15) is 13.2 Å². The van der Waals surface area contributed by atoms with Crippen LogP contribution in [0.15, 0.2) is 0 Å². The molecule has 1 amide bonds. The van der Waals surface area contributed by atoms with Crippen molar-refractivity contribution in [3.05, 3.63) is 0 Å². The van der Waals surface area contributed by atoms with Crippen LogP contribution in [0.5, 0.6) is 0 Å². The molecule has 0 aliphatic carbocycles. The van der Waals surface area contributed by atoms with Gasteiger partial charge in [-0.1, -0.05) is 0 Å². The summed E-state index contributed by atoms with van der Waals surface area (Å²) in [6.07, 6.45) is -4.87. The van der Waals surface area contributed by atoms with Crippen LogP contribution in [0, 0.1) is 5.92 Å². The summed E-state index contributed by atoms with van der Waals surface area (Å²) in [4.78, 5) is 22.9. The van der Waals surface area contributed by atoms with Crippen molar-refractivity contribution in [2.75, 3.05) is 13.1 Å². The standard InChI is InChI=1S/C10H14F3NO3/c11-10(12,13)5-8(15)14-3-1-2-7(6-14)4-9(16)17/h7H,1-6H2,(H,16,17). The van der Waals surface area contributed by atoms with E-state index in [2.05, 4.69) is 0 Å². The quantitative estimate of drug-likeness (QED) is 0.832. The van der Waals surface area contributed by atoms with Crippen LogP contribution in [0.2, 0.25) is 0 Å². The fourth-order valence-corrected chi connectivity index (χ4v) is 1.99. The Morgan fingerprint density at radius 3 is 2.53 bits per heavy atom. The Balaban J connectivity index is 2.49. The molecule has 0 radical (unpaired) electrons. The zero-order valence-electron chi connectivity index (χ0n) is 9.16. The molecule has 1 heterocycles. The minimum atomic E-state index is -4.50. The molecular weight excluding hydrogens is 239 g/mol. The molecule has 1 saturated heterocycles. The largest absolute Gasteiger partial charge is 0.481 e. The molecule has 0 aromatic heterocycles. The highest BCUT2D eigenvalue weighted by Gasteiger charge is 2.35. The molecule has 4 nitrogen and oxygen atoms in total. The summed E-state index contributed by atoms with van der Waals surface area (Å²) in [7, 11) is 0. The molecule has 1 rings (SSSR count). The van der Waals surface area contributed by atoms with Gasteiger partial charge in [0.05, 0.1) is 0 Å². The molecule has 1 N–H and O–H groups in total. The number of likely N-dealkylation sites (tertiary alicyclic amines) is 1. The number of halogens is 3. The third kappa shape index (κ3) is 5.06. The summed E-state index contributed by atoms with van der Waals surface area (Å²) in [6.45, 7) is 0.395. The van der Waals surface area contributed by atoms with Gasteiger partial charge in [-0.25, -0.2) is 0 Å². The Morgan fingerprint density at radius 2 is 2.00 bits per heavy atom. The molecule has 0 aromatic carbocycles. The average molecular weight is 253 g/mol. The Labute approximate surface area is 96.4 Å². The number of nitrogens with zero attached hydrogens (tertiary/aromatic N) is 1. The SMILES string of the molecule is O=C(O)CC1CCCN(C(=O)CC(F)(F)F)C1. The van der Waals surface area contributed by atoms with Gasteiger partial charge in [0.25, 0.3) is 0 Å². The lowest BCUT2D eigenvalue weighted by atomic mass is 9.94. The third-order valence-electron chi connectivity index (χ3n) is 2.69. The van der Waals surface area contributed by atoms with Crippen molar-refractivity contribution in [3.63, 3.8) is 0 Å². The smallest absolute Gasteiger partial charge is 0.397 e. The van der Waals surface area contributed by atoms with Crippen LogP contribution in [0.3, 0.4) is 0 Å². The summed E-state index contributed by atoms with van der Waals surface area (Å²) >= 11 is 0. The average Bonchev–Trinajstić information content (AvgIpc) is 2.14. The predicted octanol–water partition coefficient (Wildman–Crippen LogP) is 1.65. The van der Waals surface area contributed by atoms with Crippen LogP contribution in [0.4, 0.5) is 13.2 Å². The number of hydrogen-bond donors (Lipinski definition) is 1. The minimum absolute atomic E-state index is 0.101. The summed E-state index contributed by atoms with van der Waals surface area (Å²) in [5.74, 6) is -2.19. The molecule has 0 saturated carbocycles. The van der Waals surface area contributed by atoms with Gasteiger partial charge < -0.3 is 10.0 Å². The van der Waals surface area contributed by atoms with E-state index in [1.807, 2.05) is 0 Å². The van der Waals surface area contributed by atoms with Gasteiger partial charge >= 0.3 is 12.1 Å². The molecule has 0 bridgehead atoms. The molecule has 17 heavy (non-hydrogen) atoms. The van der Waals surface area contributed by atoms with Gasteiger partial charge in [-0.3, -0.25) is 9.59 Å². The molecule has 98 valence electrons. The van der Waals surface area contributed by atoms with E-state index < -0.39 is 24.5 Å². The van der Waals surface area contributed by atoms with Gasteiger partial charge in [-0.15, -0.1) is 0 Å². The van der Waals surface area contributed by atoms with Crippen LogP contribution >= 0.6 is 0 Å². The monoisotopic (exact) mass is 253 g/mol. The number of amides is 1. The number of piperidine rings is 1. The van der Waals surface area contributed by atoms with Crippen molar-refractivity contribution in [3.8, 4) is 0 Å². The first-order chi connectivity index (χ1) is 7.78. The van der Waals surface area contributed by atoms with Crippen LogP contribution in [-0.4, -0.2) is 41.1 Å². The van der Waals surface area contributed by atoms with E-state index >= 15 is 0 Å². The van der Waals surface area contributed by atoms with Crippen molar-refractivity contribution in [1.29, 1.82) is 0 Å². The summed E-state index contributed by atoms with van der Waals surface area (Å²) < 4.78 is 36.1. The summed E-state index contributed by atoms with van der Waals surface area (Å²) in [5, 5.41) is 8.59. The third-order valence-corrected chi connectivity index (χ3v) is 2.69. The van der Waals surface area contributed by atoms with Gasteiger partial charge in [0, 0.05) is 19.5 Å². The zero-order valence-corrected chi connectivity index (χ0v) is 9.16. The number of carboxylic acid groups (broad SMARTS) is 1. The first-order valence-electron chi connectivity index (χ1n) is 5.34. The lowest BCUT2D eigenvalue weighted by molar-refractivity contribution is -0.163. The highest BCUT2D eigenvalue weighted by Crippen LogP contribution is 2.24. The summed E-state index contributed by atoms with van der Waals surface area (Å²) in [5.41, 5.74) is 0. The lowest BCUT2D eigenvalue weighted by Gasteiger charge is -2.32. The van der Waals surface area contributed by atoms with Gasteiger partial charge in [-0.05, 0) is 18.8 Å². The van der Waals surface area contributed by atoms with E-state index in [9.17, 15) is 22.8 Å². The van der Waals surface area contributed by atoms with Crippen molar-refractivity contribution < 1.29 is 27.9 Å². The highest BCUT2D eigenvalue weighted by atomic mass is 19.4. The molecule has 0 spiro atoms. The molecule has 1 fully saturated rings. The minimum Gasteiger partial charge on any atom is -0.481 e. The number of rotatable bonds is 3. The van der Waals surface area contributed by atoms with Crippen molar-refractivity contribution >= 4 is 11.9 Å². The Morgan fingerprint density at radius 1 is 1.35 bits per heavy atom. The van der Waals surface area contributed by atoms with Gasteiger partial charge in [0.15, 0.2) is 0 Å². The maximum Gasteiger partial charge on any atom is 0.397 e. The maximum absolute atomic E-state index is 12.0. The van der Waals surface area contributed by atoms with Crippen LogP contribution in [0.1, 0.15) is 25.7 Å². The number of alkyl halides is 3. The van der Waals surface area contributed by atoms with Crippen LogP contribution < -0.4 is 0 Å². The second kappa shape index (κ2) is 5.37. The molecule has 7 heteroatoms. The normalized spacial score (nSPS) is 21.4. The molecule has 1 unspecified atom stereocenters. The lowest BCUT2D eigenvalue weighted by Crippen LogP contribution is -2.42. The second-order valence-electron chi connectivity index (χ2n) is 4.24. The number of carboxylic acids is 1. The van der Waals surface area contributed by atoms with Crippen LogP contribution in [0.25, 0.3) is 0 Å². The maximum atomic E-state index is 12.0. The Bertz CT molecular complexity index is 304. The summed E-state index contributed by atoms with van der Waals surface area (Å²) in [6, 6.07) is 0. The van der Waals surface area contributed by atoms with E-state index in [1.165, 1.54) is 0 Å². The number of aliphatic carboxylic acids is 1. The predicted molar refractivity (Wildman–Crippen MR) is 52.2 cm³/mol. The first-order valence-corrected chi connectivity index (χ1v) is 5.34. The Kier molecular flexibility index (Phi) is 4.36. The van der Waals surface area contributed by atoms with Crippen molar-refractivity contribution in [2.24, 2.45) is 5.92 Å². The van der Waals surface area contributed by atoms with E-state index in [4.69, 9.17) is 5.11 Å². The topological polar surface area (TPSA) is 57.6 Å². The second-order valence-corrected chi connectivity index (χ2v) is 4.24. The van der Waals surface area contributed by atoms with Gasteiger partial charge in [0.1, 0.15) is 6.42 Å². The molecular formula is C10H14F3NO3. The highest BCUT2D eigenvalue weighted by molar-refractivity contribution is 5.77.